The second kappa shape index (κ2) is 35.7. The smallest absolute Gasteiger partial charge is 0.494 e. The molecule has 0 saturated heterocycles. The molecule has 0 aromatic heterocycles. The van der Waals surface area contributed by atoms with Crippen molar-refractivity contribution in [2.45, 2.75) is 181 Å². The summed E-state index contributed by atoms with van der Waals surface area (Å²) in [6.07, 6.45) is 4.57. The lowest BCUT2D eigenvalue weighted by molar-refractivity contribution is -0.213. The molecule has 4 aliphatic rings. The molecule has 504 valence electrons. The van der Waals surface area contributed by atoms with Gasteiger partial charge in [-0.05, 0) is 255 Å². The molecule has 4 fully saturated rings. The molecule has 24 nitrogen and oxygen atoms in total. The number of hydrogen-bond donors (Lipinski definition) is 0. The van der Waals surface area contributed by atoms with Gasteiger partial charge in [0.15, 0.2) is 0 Å². The Morgan fingerprint density at radius 1 is 0.280 bits per heavy atom. The molecule has 0 radical (unpaired) electrons. The van der Waals surface area contributed by atoms with Gasteiger partial charge in [0, 0.05) is 0 Å². The van der Waals surface area contributed by atoms with Crippen molar-refractivity contribution >= 4 is 48.5 Å². The number of carbonyl (C=O) groups excluding carboxylic acids is 8. The van der Waals surface area contributed by atoms with Crippen LogP contribution in [0.15, 0.2) is 97.1 Å². The lowest BCUT2D eigenvalue weighted by Gasteiger charge is -2.60. The Hall–Kier alpha value is -8.96. The highest BCUT2D eigenvalue weighted by molar-refractivity contribution is 5.91. The molecule has 93 heavy (non-hydrogen) atoms. The molecule has 4 aliphatic carbocycles. The van der Waals surface area contributed by atoms with Crippen molar-refractivity contribution < 1.29 is 115 Å². The number of carbonyl (C=O) groups is 8. The molecule has 0 spiro atoms. The lowest BCUT2D eigenvalue weighted by atomic mass is 9.45. The van der Waals surface area contributed by atoms with Crippen molar-refractivity contribution in [3.8, 4) is 23.0 Å². The number of ether oxygens (including phenoxy) is 8. The Kier molecular flexibility index (Phi) is 26.9. The molecular weight excluding hydrogens is 1210 g/mol. The molecule has 0 unspecified atom stereocenters. The molecule has 4 saturated carbocycles. The van der Waals surface area contributed by atoms with Gasteiger partial charge in [-0.2, -0.15) is 19.2 Å². The van der Waals surface area contributed by atoms with E-state index in [4.69, 9.17) is 77.0 Å². The van der Waals surface area contributed by atoms with Crippen LogP contribution in [-0.2, 0) is 58.0 Å². The Morgan fingerprint density at radius 2 is 0.462 bits per heavy atom. The third-order valence-electron chi connectivity index (χ3n) is 17.6. The van der Waals surface area contributed by atoms with E-state index < -0.39 is 78.3 Å². The predicted molar refractivity (Wildman–Crippen MR) is 326 cm³/mol. The molecule has 0 aliphatic heterocycles. The van der Waals surface area contributed by atoms with E-state index in [0.29, 0.717) is 152 Å². The fourth-order valence-electron chi connectivity index (χ4n) is 13.5. The van der Waals surface area contributed by atoms with Gasteiger partial charge in [0.05, 0.1) is 48.7 Å². The van der Waals surface area contributed by atoms with E-state index in [1.54, 1.807) is 48.5 Å². The van der Waals surface area contributed by atoms with Gasteiger partial charge in [-0.15, -0.1) is 0 Å². The SMILES string of the molecule is CCCOc1ccc(C(=O)OOC(=O)OC2CCC(C(C3CCC(OC(=O)OOC(=O)c4ccc(OCCC)cc4)CC3)(C3CCC(OC(=O)OOC(=O)c4ccc(OCCC)cc4)CC3)C3CCC(OC(=O)OOC(=O)c4ccc(OCCC)cc4)CC3)CC2)cc1. The average Bonchev–Trinajstić information content (AvgIpc) is 0.737. The van der Waals surface area contributed by atoms with Crippen LogP contribution in [0.3, 0.4) is 0 Å². The van der Waals surface area contributed by atoms with E-state index >= 15 is 0 Å². The van der Waals surface area contributed by atoms with Crippen LogP contribution in [0.1, 0.15) is 198 Å². The van der Waals surface area contributed by atoms with E-state index in [-0.39, 0.29) is 45.9 Å². The minimum atomic E-state index is -1.17. The van der Waals surface area contributed by atoms with Crippen molar-refractivity contribution in [1.82, 2.24) is 0 Å². The van der Waals surface area contributed by atoms with Crippen LogP contribution in [0.2, 0.25) is 0 Å². The Morgan fingerprint density at radius 3 is 0.634 bits per heavy atom. The monoisotopic (exact) mass is 1300 g/mol. The maximum Gasteiger partial charge on any atom is 0.550 e. The van der Waals surface area contributed by atoms with Gasteiger partial charge >= 0.3 is 48.5 Å². The summed E-state index contributed by atoms with van der Waals surface area (Å²) in [7, 11) is 0. The summed E-state index contributed by atoms with van der Waals surface area (Å²) in [4.78, 5) is 143. The average molecular weight is 1300 g/mol. The zero-order valence-electron chi connectivity index (χ0n) is 53.1. The van der Waals surface area contributed by atoms with Gasteiger partial charge in [-0.25, -0.2) is 58.3 Å². The molecule has 8 rings (SSSR count). The fourth-order valence-corrected chi connectivity index (χ4v) is 13.5. The van der Waals surface area contributed by atoms with Gasteiger partial charge in [-0.1, -0.05) is 27.7 Å². The van der Waals surface area contributed by atoms with Crippen molar-refractivity contribution in [3.05, 3.63) is 119 Å². The second-order valence-corrected chi connectivity index (χ2v) is 23.7. The largest absolute Gasteiger partial charge is 0.550 e. The van der Waals surface area contributed by atoms with Crippen LogP contribution in [0.5, 0.6) is 23.0 Å². The number of hydrogen-bond acceptors (Lipinski definition) is 24. The summed E-state index contributed by atoms with van der Waals surface area (Å²) in [6, 6.07) is 24.8. The first-order chi connectivity index (χ1) is 45.2. The summed E-state index contributed by atoms with van der Waals surface area (Å²) >= 11 is 0. The first kappa shape index (κ1) is 69.9. The lowest BCUT2D eigenvalue weighted by Crippen LogP contribution is -2.54. The molecular formula is C69H84O24. The Labute approximate surface area is 540 Å². The minimum absolute atomic E-state index is 0.0211. The summed E-state index contributed by atoms with van der Waals surface area (Å²) in [6.45, 7) is 9.92. The number of benzene rings is 4. The van der Waals surface area contributed by atoms with Crippen LogP contribution in [0.4, 0.5) is 19.2 Å². The highest BCUT2D eigenvalue weighted by atomic mass is 17.3. The molecule has 0 atom stereocenters. The van der Waals surface area contributed by atoms with E-state index in [0.717, 1.165) is 25.7 Å². The summed E-state index contributed by atoms with van der Waals surface area (Å²) in [5.41, 5.74) is 0.0876. The van der Waals surface area contributed by atoms with E-state index in [1.807, 2.05) is 27.7 Å². The van der Waals surface area contributed by atoms with Crippen molar-refractivity contribution in [1.29, 1.82) is 0 Å². The van der Waals surface area contributed by atoms with Crippen LogP contribution >= 0.6 is 0 Å². The zero-order valence-corrected chi connectivity index (χ0v) is 53.1. The standard InChI is InChI=1S/C69H84O24/c1-5-41-78-53-25-9-45(10-26-53)61(70)86-90-65(74)82-57-33-17-49(18-34-57)69(50-19-35-58(36-20-50)83-66(75)91-87-62(71)46-11-27-54(28-12-46)79-42-6-2,51-21-37-59(38-22-51)84-67(76)92-88-63(72)47-13-29-55(30-14-47)80-43-7-3)52-23-39-60(40-24-52)85-68(77)93-89-64(73)48-15-31-56(32-16-48)81-44-8-4/h9-16,25-32,49-52,57-60H,5-8,17-24,33-44H2,1-4H3. The summed E-state index contributed by atoms with van der Waals surface area (Å²) in [5, 5.41) is 0. The van der Waals surface area contributed by atoms with Gasteiger partial charge in [0.1, 0.15) is 47.4 Å². The van der Waals surface area contributed by atoms with E-state index in [9.17, 15) is 38.4 Å². The maximum atomic E-state index is 13.1. The third kappa shape index (κ3) is 20.5. The molecule has 4 aromatic carbocycles. The zero-order chi connectivity index (χ0) is 66.0. The quantitative estimate of drug-likeness (QED) is 0.0273. The van der Waals surface area contributed by atoms with Gasteiger partial charge in [0.2, 0.25) is 0 Å². The van der Waals surface area contributed by atoms with Crippen LogP contribution in [-0.4, -0.2) is 99.3 Å². The van der Waals surface area contributed by atoms with Crippen LogP contribution in [0.25, 0.3) is 0 Å². The van der Waals surface area contributed by atoms with Gasteiger partial charge in [0.25, 0.3) is 0 Å². The Bertz CT molecular complexity index is 2610. The third-order valence-corrected chi connectivity index (χ3v) is 17.6. The molecule has 0 heterocycles. The topological polar surface area (TPSA) is 284 Å². The summed E-state index contributed by atoms with van der Waals surface area (Å²) in [5.74, 6) is -1.23. The first-order valence-electron chi connectivity index (χ1n) is 32.5. The molecule has 24 heteroatoms. The summed E-state index contributed by atoms with van der Waals surface area (Å²) < 4.78 is 45.5. The van der Waals surface area contributed by atoms with Crippen LogP contribution in [0, 0.1) is 29.1 Å². The van der Waals surface area contributed by atoms with E-state index in [2.05, 4.69) is 0 Å². The highest BCUT2D eigenvalue weighted by Gasteiger charge is 2.57. The normalized spacial score (nSPS) is 21.6. The Balaban J connectivity index is 0.957. The fraction of sp³-hybridized carbons (Fsp3) is 0.536. The first-order valence-corrected chi connectivity index (χ1v) is 32.5. The molecule has 4 aromatic rings. The maximum absolute atomic E-state index is 13.1. The second-order valence-electron chi connectivity index (χ2n) is 23.7. The van der Waals surface area contributed by atoms with Gasteiger partial charge < -0.3 is 37.9 Å². The van der Waals surface area contributed by atoms with Crippen molar-refractivity contribution in [2.24, 2.45) is 29.1 Å². The van der Waals surface area contributed by atoms with Crippen molar-refractivity contribution in [2.75, 3.05) is 26.4 Å². The minimum Gasteiger partial charge on any atom is -0.494 e. The van der Waals surface area contributed by atoms with Gasteiger partial charge in [-0.3, -0.25) is 0 Å². The van der Waals surface area contributed by atoms with E-state index in [1.165, 1.54) is 48.5 Å². The predicted octanol–water partition coefficient (Wildman–Crippen LogP) is 15.1. The molecule has 0 N–H and O–H groups in total. The number of rotatable bonds is 24. The molecule has 0 bridgehead atoms. The van der Waals surface area contributed by atoms with Crippen molar-refractivity contribution in [3.63, 3.8) is 0 Å². The highest BCUT2D eigenvalue weighted by Crippen LogP contribution is 2.63. The van der Waals surface area contributed by atoms with Crippen LogP contribution < -0.4 is 18.9 Å². The molecule has 0 amide bonds.